The molecule has 0 radical (unpaired) electrons. The quantitative estimate of drug-likeness (QED) is 0.655. The number of aromatic nitrogens is 1. The van der Waals surface area contributed by atoms with Crippen LogP contribution in [0.5, 0.6) is 0 Å². The molecule has 0 bridgehead atoms. The second kappa shape index (κ2) is 8.79. The molecule has 0 saturated carbocycles. The van der Waals surface area contributed by atoms with Crippen LogP contribution in [-0.4, -0.2) is 55.3 Å². The Bertz CT molecular complexity index is 1110. The van der Waals surface area contributed by atoms with Crippen molar-refractivity contribution in [3.8, 4) is 6.07 Å². The number of benzene rings is 2. The van der Waals surface area contributed by atoms with Crippen molar-refractivity contribution in [3.05, 3.63) is 47.8 Å². The van der Waals surface area contributed by atoms with Crippen molar-refractivity contribution in [2.24, 2.45) is 0 Å². The van der Waals surface area contributed by atoms with Crippen LogP contribution < -0.4 is 10.2 Å². The number of anilines is 3. The van der Waals surface area contributed by atoms with Gasteiger partial charge in [0.05, 0.1) is 34.7 Å². The fourth-order valence-corrected chi connectivity index (χ4v) is 5.38. The highest BCUT2D eigenvalue weighted by Crippen LogP contribution is 2.32. The topological polar surface area (TPSA) is 64.4 Å². The number of nitrogens with zero attached hydrogens (tertiary/aromatic N) is 4. The predicted octanol–water partition coefficient (Wildman–Crippen LogP) is 4.35. The number of hydrogen-bond donors (Lipinski definition) is 1. The number of piperidine rings is 1. The molecule has 160 valence electrons. The molecular formula is C23H24FN5OS. The van der Waals surface area contributed by atoms with Gasteiger partial charge >= 0.3 is 0 Å². The summed E-state index contributed by atoms with van der Waals surface area (Å²) in [6.07, 6.45) is 2.21. The maximum absolute atomic E-state index is 13.4. The van der Waals surface area contributed by atoms with E-state index < -0.39 is 0 Å². The summed E-state index contributed by atoms with van der Waals surface area (Å²) in [5.41, 5.74) is 3.21. The highest BCUT2D eigenvalue weighted by atomic mass is 32.1. The molecule has 2 aromatic carbocycles. The van der Waals surface area contributed by atoms with E-state index in [0.717, 1.165) is 73.8 Å². The summed E-state index contributed by atoms with van der Waals surface area (Å²) in [6, 6.07) is 13.4. The van der Waals surface area contributed by atoms with Gasteiger partial charge in [-0.25, -0.2) is 9.37 Å². The third-order valence-corrected chi connectivity index (χ3v) is 7.02. The molecule has 8 heteroatoms. The molecule has 3 aromatic rings. The molecule has 2 aliphatic rings. The fraction of sp³-hybridized carbons (Fsp3) is 0.391. The van der Waals surface area contributed by atoms with Crippen LogP contribution in [0.4, 0.5) is 20.9 Å². The first-order valence-electron chi connectivity index (χ1n) is 10.6. The van der Waals surface area contributed by atoms with Crippen LogP contribution in [0, 0.1) is 17.1 Å². The van der Waals surface area contributed by atoms with E-state index in [9.17, 15) is 9.65 Å². The minimum Gasteiger partial charge on any atom is -0.379 e. The van der Waals surface area contributed by atoms with Gasteiger partial charge in [-0.2, -0.15) is 5.26 Å². The van der Waals surface area contributed by atoms with Crippen molar-refractivity contribution >= 4 is 38.1 Å². The van der Waals surface area contributed by atoms with Gasteiger partial charge in [-0.05, 0) is 49.2 Å². The normalized spacial score (nSPS) is 18.3. The Morgan fingerprint density at radius 3 is 2.68 bits per heavy atom. The van der Waals surface area contributed by atoms with Gasteiger partial charge in [0.15, 0.2) is 5.13 Å². The van der Waals surface area contributed by atoms with Crippen LogP contribution in [0.25, 0.3) is 10.2 Å². The van der Waals surface area contributed by atoms with Gasteiger partial charge in [0.25, 0.3) is 0 Å². The largest absolute Gasteiger partial charge is 0.379 e. The van der Waals surface area contributed by atoms with Crippen LogP contribution in [0.3, 0.4) is 0 Å². The Balaban J connectivity index is 1.28. The van der Waals surface area contributed by atoms with Crippen molar-refractivity contribution in [2.75, 3.05) is 49.6 Å². The first kappa shape index (κ1) is 20.2. The lowest BCUT2D eigenvalue weighted by molar-refractivity contribution is 0.0115. The van der Waals surface area contributed by atoms with Gasteiger partial charge in [-0.1, -0.05) is 11.3 Å². The average molecular weight is 438 g/mol. The summed E-state index contributed by atoms with van der Waals surface area (Å²) in [7, 11) is 0. The number of hydrogen-bond acceptors (Lipinski definition) is 7. The zero-order chi connectivity index (χ0) is 21.2. The highest BCUT2D eigenvalue weighted by Gasteiger charge is 2.26. The molecule has 2 aliphatic heterocycles. The lowest BCUT2D eigenvalue weighted by atomic mass is 10.0. The Labute approximate surface area is 184 Å². The van der Waals surface area contributed by atoms with Gasteiger partial charge in [0.1, 0.15) is 11.9 Å². The van der Waals surface area contributed by atoms with Crippen LogP contribution >= 0.6 is 11.3 Å². The first-order valence-corrected chi connectivity index (χ1v) is 11.5. The SMILES string of the molecule is N#Cc1cc(Nc2nc3ccc(F)cc3s2)ccc1N1CCC(N2CCOCC2)CC1. The van der Waals surface area contributed by atoms with E-state index in [1.54, 1.807) is 6.07 Å². The second-order valence-corrected chi connectivity index (χ2v) is 9.00. The molecule has 0 spiro atoms. The number of fused-ring (bicyclic) bond motifs is 1. The van der Waals surface area contributed by atoms with Crippen LogP contribution in [0.1, 0.15) is 18.4 Å². The zero-order valence-electron chi connectivity index (χ0n) is 17.2. The summed E-state index contributed by atoms with van der Waals surface area (Å²) in [4.78, 5) is 9.37. The number of nitriles is 1. The maximum Gasteiger partial charge on any atom is 0.188 e. The summed E-state index contributed by atoms with van der Waals surface area (Å²) in [5, 5.41) is 13.7. The molecule has 2 fully saturated rings. The molecular weight excluding hydrogens is 413 g/mol. The third kappa shape index (κ3) is 4.35. The standard InChI is InChI=1S/C23H24FN5OS/c24-17-1-3-20-22(14-17)31-23(27-20)26-18-2-4-21(16(13-18)15-25)29-7-5-19(6-8-29)28-9-11-30-12-10-28/h1-4,13-14,19H,5-12H2,(H,26,27). The minimum atomic E-state index is -0.267. The summed E-state index contributed by atoms with van der Waals surface area (Å²) in [5.74, 6) is -0.267. The molecule has 0 unspecified atom stereocenters. The third-order valence-electron chi connectivity index (χ3n) is 6.09. The summed E-state index contributed by atoms with van der Waals surface area (Å²) < 4.78 is 19.7. The lowest BCUT2D eigenvalue weighted by Gasteiger charge is -2.41. The van der Waals surface area contributed by atoms with Gasteiger partial charge in [0.2, 0.25) is 0 Å². The van der Waals surface area contributed by atoms with Crippen molar-refractivity contribution < 1.29 is 9.13 Å². The van der Waals surface area contributed by atoms with Crippen molar-refractivity contribution in [1.29, 1.82) is 5.26 Å². The highest BCUT2D eigenvalue weighted by molar-refractivity contribution is 7.22. The number of morpholine rings is 1. The summed E-state index contributed by atoms with van der Waals surface area (Å²) in [6.45, 7) is 5.60. The molecule has 5 rings (SSSR count). The Kier molecular flexibility index (Phi) is 5.72. The van der Waals surface area contributed by atoms with E-state index in [2.05, 4.69) is 26.2 Å². The number of thiazole rings is 1. The van der Waals surface area contributed by atoms with E-state index in [1.165, 1.54) is 23.5 Å². The van der Waals surface area contributed by atoms with Crippen molar-refractivity contribution in [1.82, 2.24) is 9.88 Å². The van der Waals surface area contributed by atoms with Gasteiger partial charge < -0.3 is 15.0 Å². The zero-order valence-corrected chi connectivity index (χ0v) is 18.0. The molecule has 31 heavy (non-hydrogen) atoms. The molecule has 1 N–H and O–H groups in total. The smallest absolute Gasteiger partial charge is 0.188 e. The molecule has 2 saturated heterocycles. The number of halogens is 1. The second-order valence-electron chi connectivity index (χ2n) is 7.97. The van der Waals surface area contributed by atoms with Crippen molar-refractivity contribution in [3.63, 3.8) is 0 Å². The van der Waals surface area contributed by atoms with Gasteiger partial charge in [-0.3, -0.25) is 4.90 Å². The van der Waals surface area contributed by atoms with Gasteiger partial charge in [0, 0.05) is 37.9 Å². The average Bonchev–Trinajstić information content (AvgIpc) is 3.21. The Morgan fingerprint density at radius 2 is 1.90 bits per heavy atom. The number of nitrogens with one attached hydrogen (secondary N) is 1. The van der Waals surface area contributed by atoms with Crippen molar-refractivity contribution in [2.45, 2.75) is 18.9 Å². The molecule has 6 nitrogen and oxygen atoms in total. The van der Waals surface area contributed by atoms with Crippen LogP contribution in [-0.2, 0) is 4.74 Å². The molecule has 0 amide bonds. The Morgan fingerprint density at radius 1 is 1.10 bits per heavy atom. The first-order chi connectivity index (χ1) is 15.2. The molecule has 0 atom stereocenters. The van der Waals surface area contributed by atoms with E-state index in [4.69, 9.17) is 4.74 Å². The molecule has 3 heterocycles. The monoisotopic (exact) mass is 437 g/mol. The molecule has 1 aromatic heterocycles. The number of ether oxygens (including phenoxy) is 1. The summed E-state index contributed by atoms with van der Waals surface area (Å²) >= 11 is 1.40. The van der Waals surface area contributed by atoms with E-state index in [0.29, 0.717) is 16.7 Å². The fourth-order valence-electron chi connectivity index (χ4n) is 4.47. The molecule has 0 aliphatic carbocycles. The lowest BCUT2D eigenvalue weighted by Crippen LogP contribution is -2.49. The predicted molar refractivity (Wildman–Crippen MR) is 122 cm³/mol. The minimum absolute atomic E-state index is 0.267. The van der Waals surface area contributed by atoms with Crippen LogP contribution in [0.2, 0.25) is 0 Å². The maximum atomic E-state index is 13.4. The van der Waals surface area contributed by atoms with E-state index in [1.807, 2.05) is 18.2 Å². The Hall–Kier alpha value is -2.73. The van der Waals surface area contributed by atoms with Gasteiger partial charge in [-0.15, -0.1) is 0 Å². The van der Waals surface area contributed by atoms with E-state index >= 15 is 0 Å². The van der Waals surface area contributed by atoms with Crippen LogP contribution in [0.15, 0.2) is 36.4 Å². The number of rotatable bonds is 4. The van der Waals surface area contributed by atoms with E-state index in [-0.39, 0.29) is 5.82 Å².